The number of benzene rings is 1. The number of nitrogens with two attached hydrogens (primary N) is 1. The van der Waals surface area contributed by atoms with Gasteiger partial charge in [-0.1, -0.05) is 11.6 Å². The molecule has 3 aromatic rings. The third kappa shape index (κ3) is 4.31. The van der Waals surface area contributed by atoms with Crippen LogP contribution in [0.15, 0.2) is 30.7 Å². The maximum Gasteiger partial charge on any atom is 0.223 e. The predicted octanol–water partition coefficient (Wildman–Crippen LogP) is 2.63. The van der Waals surface area contributed by atoms with E-state index in [1.165, 1.54) is 18.5 Å². The lowest BCUT2D eigenvalue weighted by atomic mass is 10.3. The minimum atomic E-state index is -0.505. The van der Waals surface area contributed by atoms with Gasteiger partial charge < -0.3 is 16.4 Å². The fraction of sp³-hybridized carbons (Fsp3) is 0.188. The standard InChI is InChI=1S/C16H15ClFN7O/c17-10-6-9(3-4-11(10)18)24-15-14-12(22-8-23-15)7-21-16(25-14)20-5-1-2-13(19)26/h3-4,6-8H,1-2,5H2,(H2,19,26)(H,20,21,25)(H,22,23,24). The maximum atomic E-state index is 13.3. The molecular formula is C16H15ClFN7O. The summed E-state index contributed by atoms with van der Waals surface area (Å²) in [6.07, 6.45) is 3.78. The Bertz CT molecular complexity index is 953. The van der Waals surface area contributed by atoms with Crippen LogP contribution in [0.25, 0.3) is 11.0 Å². The van der Waals surface area contributed by atoms with Crippen LogP contribution in [-0.4, -0.2) is 32.4 Å². The van der Waals surface area contributed by atoms with E-state index >= 15 is 0 Å². The Morgan fingerprint density at radius 3 is 2.88 bits per heavy atom. The lowest BCUT2D eigenvalue weighted by Crippen LogP contribution is -2.13. The maximum absolute atomic E-state index is 13.3. The van der Waals surface area contributed by atoms with E-state index in [1.807, 2.05) is 0 Å². The van der Waals surface area contributed by atoms with Crippen molar-refractivity contribution in [2.24, 2.45) is 5.73 Å². The molecule has 3 rings (SSSR count). The molecule has 0 aliphatic rings. The SMILES string of the molecule is NC(=O)CCCNc1ncc2ncnc(Nc3ccc(F)c(Cl)c3)c2n1. The Morgan fingerprint density at radius 2 is 2.12 bits per heavy atom. The van der Waals surface area contributed by atoms with Crippen LogP contribution >= 0.6 is 11.6 Å². The van der Waals surface area contributed by atoms with E-state index in [0.29, 0.717) is 41.5 Å². The molecule has 4 N–H and O–H groups in total. The summed E-state index contributed by atoms with van der Waals surface area (Å²) in [6.45, 7) is 0.498. The first-order chi connectivity index (χ1) is 12.5. The van der Waals surface area contributed by atoms with E-state index < -0.39 is 5.82 Å². The monoisotopic (exact) mass is 375 g/mol. The molecule has 2 aromatic heterocycles. The first-order valence-electron chi connectivity index (χ1n) is 7.75. The van der Waals surface area contributed by atoms with Gasteiger partial charge in [0.2, 0.25) is 11.9 Å². The minimum absolute atomic E-state index is 0.000191. The summed E-state index contributed by atoms with van der Waals surface area (Å²) in [7, 11) is 0. The van der Waals surface area contributed by atoms with Gasteiger partial charge in [0.15, 0.2) is 5.82 Å². The zero-order valence-electron chi connectivity index (χ0n) is 13.5. The summed E-state index contributed by atoms with van der Waals surface area (Å²) in [5.41, 5.74) is 6.69. The van der Waals surface area contributed by atoms with Gasteiger partial charge >= 0.3 is 0 Å². The van der Waals surface area contributed by atoms with Gasteiger partial charge in [-0.15, -0.1) is 0 Å². The minimum Gasteiger partial charge on any atom is -0.370 e. The van der Waals surface area contributed by atoms with Gasteiger partial charge in [-0.3, -0.25) is 4.79 Å². The first-order valence-corrected chi connectivity index (χ1v) is 8.13. The van der Waals surface area contributed by atoms with Crippen molar-refractivity contribution in [3.63, 3.8) is 0 Å². The van der Waals surface area contributed by atoms with Gasteiger partial charge in [-0.2, -0.15) is 0 Å². The highest BCUT2D eigenvalue weighted by molar-refractivity contribution is 6.31. The highest BCUT2D eigenvalue weighted by Crippen LogP contribution is 2.25. The second kappa shape index (κ2) is 7.87. The van der Waals surface area contributed by atoms with E-state index in [0.717, 1.165) is 0 Å². The third-order valence-corrected chi connectivity index (χ3v) is 3.73. The number of nitrogens with zero attached hydrogens (tertiary/aromatic N) is 4. The zero-order chi connectivity index (χ0) is 18.5. The number of rotatable bonds is 7. The molecule has 0 spiro atoms. The number of carbonyl (C=O) groups is 1. The van der Waals surface area contributed by atoms with Crippen LogP contribution < -0.4 is 16.4 Å². The number of aromatic nitrogens is 4. The van der Waals surface area contributed by atoms with Gasteiger partial charge in [-0.25, -0.2) is 24.3 Å². The number of hydrogen-bond donors (Lipinski definition) is 3. The van der Waals surface area contributed by atoms with E-state index in [9.17, 15) is 9.18 Å². The average molecular weight is 376 g/mol. The summed E-state index contributed by atoms with van der Waals surface area (Å²) in [4.78, 5) is 27.6. The molecule has 1 amide bonds. The number of fused-ring (bicyclic) bond motifs is 1. The lowest BCUT2D eigenvalue weighted by Gasteiger charge is -2.09. The van der Waals surface area contributed by atoms with Crippen molar-refractivity contribution in [3.05, 3.63) is 41.6 Å². The van der Waals surface area contributed by atoms with Crippen LogP contribution in [0, 0.1) is 5.82 Å². The van der Waals surface area contributed by atoms with Crippen molar-refractivity contribution in [3.8, 4) is 0 Å². The summed E-state index contributed by atoms with van der Waals surface area (Å²) in [5.74, 6) is -0.0594. The van der Waals surface area contributed by atoms with Crippen molar-refractivity contribution in [2.45, 2.75) is 12.8 Å². The molecule has 0 atom stereocenters. The molecule has 134 valence electrons. The second-order valence-corrected chi connectivity index (χ2v) is 5.81. The molecule has 0 fully saturated rings. The molecule has 0 aliphatic heterocycles. The largest absolute Gasteiger partial charge is 0.370 e. The molecule has 0 radical (unpaired) electrons. The van der Waals surface area contributed by atoms with Crippen molar-refractivity contribution in [2.75, 3.05) is 17.2 Å². The number of hydrogen-bond acceptors (Lipinski definition) is 7. The highest BCUT2D eigenvalue weighted by atomic mass is 35.5. The Balaban J connectivity index is 1.82. The van der Waals surface area contributed by atoms with Crippen LogP contribution in [-0.2, 0) is 4.79 Å². The molecule has 2 heterocycles. The molecule has 0 saturated heterocycles. The average Bonchev–Trinajstić information content (AvgIpc) is 2.62. The molecule has 26 heavy (non-hydrogen) atoms. The van der Waals surface area contributed by atoms with Crippen LogP contribution in [0.5, 0.6) is 0 Å². The molecule has 10 heteroatoms. The van der Waals surface area contributed by atoms with Crippen LogP contribution in [0.4, 0.5) is 21.8 Å². The fourth-order valence-electron chi connectivity index (χ4n) is 2.20. The van der Waals surface area contributed by atoms with Gasteiger partial charge in [0.05, 0.1) is 11.2 Å². The van der Waals surface area contributed by atoms with E-state index in [-0.39, 0.29) is 17.4 Å². The highest BCUT2D eigenvalue weighted by Gasteiger charge is 2.09. The van der Waals surface area contributed by atoms with Crippen molar-refractivity contribution in [1.29, 1.82) is 0 Å². The fourth-order valence-corrected chi connectivity index (χ4v) is 2.38. The second-order valence-electron chi connectivity index (χ2n) is 5.40. The number of anilines is 3. The molecule has 0 bridgehead atoms. The number of primary amides is 1. The topological polar surface area (TPSA) is 119 Å². The van der Waals surface area contributed by atoms with Crippen LogP contribution in [0.1, 0.15) is 12.8 Å². The summed E-state index contributed by atoms with van der Waals surface area (Å²) >= 11 is 5.80. The normalized spacial score (nSPS) is 10.7. The zero-order valence-corrected chi connectivity index (χ0v) is 14.3. The Morgan fingerprint density at radius 1 is 1.27 bits per heavy atom. The predicted molar refractivity (Wildman–Crippen MR) is 96.7 cm³/mol. The molecule has 8 nitrogen and oxygen atoms in total. The Hall–Kier alpha value is -3.07. The van der Waals surface area contributed by atoms with Crippen molar-refractivity contribution < 1.29 is 9.18 Å². The van der Waals surface area contributed by atoms with E-state index in [4.69, 9.17) is 17.3 Å². The van der Waals surface area contributed by atoms with E-state index in [2.05, 4.69) is 30.6 Å². The number of halogens is 2. The van der Waals surface area contributed by atoms with Gasteiger partial charge in [0.25, 0.3) is 0 Å². The van der Waals surface area contributed by atoms with Crippen molar-refractivity contribution >= 4 is 46.0 Å². The first kappa shape index (κ1) is 17.7. The van der Waals surface area contributed by atoms with E-state index in [1.54, 1.807) is 12.3 Å². The molecular weight excluding hydrogens is 361 g/mol. The lowest BCUT2D eigenvalue weighted by molar-refractivity contribution is -0.118. The Labute approximate surface area is 153 Å². The summed E-state index contributed by atoms with van der Waals surface area (Å²) in [6, 6.07) is 4.25. The quantitative estimate of drug-likeness (QED) is 0.543. The third-order valence-electron chi connectivity index (χ3n) is 3.44. The van der Waals surface area contributed by atoms with Crippen LogP contribution in [0.3, 0.4) is 0 Å². The summed E-state index contributed by atoms with van der Waals surface area (Å²) < 4.78 is 13.3. The van der Waals surface area contributed by atoms with Gasteiger partial charge in [0.1, 0.15) is 23.2 Å². The smallest absolute Gasteiger partial charge is 0.223 e. The molecule has 0 unspecified atom stereocenters. The molecule has 0 aliphatic carbocycles. The van der Waals surface area contributed by atoms with Gasteiger partial charge in [0, 0.05) is 18.7 Å². The number of carbonyl (C=O) groups excluding carboxylic acids is 1. The van der Waals surface area contributed by atoms with Crippen LogP contribution in [0.2, 0.25) is 5.02 Å². The van der Waals surface area contributed by atoms with Gasteiger partial charge in [-0.05, 0) is 24.6 Å². The van der Waals surface area contributed by atoms with Crippen molar-refractivity contribution in [1.82, 2.24) is 19.9 Å². The molecule has 0 saturated carbocycles. The summed E-state index contributed by atoms with van der Waals surface area (Å²) in [5, 5.41) is 6.06. The Kier molecular flexibility index (Phi) is 5.37. The number of amides is 1. The number of nitrogens with one attached hydrogen (secondary N) is 2. The molecule has 1 aromatic carbocycles.